The van der Waals surface area contributed by atoms with E-state index in [0.717, 1.165) is 0 Å². The molecule has 3 rings (SSSR count). The Morgan fingerprint density at radius 1 is 1.00 bits per heavy atom. The third-order valence-electron chi connectivity index (χ3n) is 3.62. The highest BCUT2D eigenvalue weighted by Gasteiger charge is 2.19. The first-order chi connectivity index (χ1) is 12.0. The Balaban J connectivity index is 2.24. The van der Waals surface area contributed by atoms with E-state index < -0.39 is 5.43 Å². The molecule has 0 saturated heterocycles. The molecule has 0 atom stereocenters. The van der Waals surface area contributed by atoms with Gasteiger partial charge in [-0.05, 0) is 30.3 Å². The second-order valence-corrected chi connectivity index (χ2v) is 5.40. The number of phenolic OH excluding ortho intramolecular Hbond substituents is 3. The van der Waals surface area contributed by atoms with Crippen molar-refractivity contribution < 1.29 is 29.6 Å². The van der Waals surface area contributed by atoms with Crippen LogP contribution in [0.2, 0.25) is 0 Å². The molecular formula is C18H16O7. The lowest BCUT2D eigenvalue weighted by Gasteiger charge is -2.12. The molecule has 0 aliphatic rings. The second kappa shape index (κ2) is 6.74. The molecule has 0 radical (unpaired) electrons. The Labute approximate surface area is 142 Å². The number of benzene rings is 2. The topological polar surface area (TPSA) is 120 Å². The van der Waals surface area contributed by atoms with Crippen molar-refractivity contribution in [2.75, 3.05) is 13.2 Å². The first-order valence-electron chi connectivity index (χ1n) is 7.57. The van der Waals surface area contributed by atoms with Crippen LogP contribution in [0.5, 0.6) is 23.0 Å². The van der Waals surface area contributed by atoms with Gasteiger partial charge in [-0.2, -0.15) is 0 Å². The smallest absolute Gasteiger partial charge is 0.235 e. The Bertz CT molecular complexity index is 975. The van der Waals surface area contributed by atoms with Crippen molar-refractivity contribution in [3.63, 3.8) is 0 Å². The molecule has 0 spiro atoms. The summed E-state index contributed by atoms with van der Waals surface area (Å²) in [6.07, 6.45) is 0.327. The number of fused-ring (bicyclic) bond motifs is 1. The molecule has 0 unspecified atom stereocenters. The van der Waals surface area contributed by atoms with Gasteiger partial charge in [-0.3, -0.25) is 4.79 Å². The Hall–Kier alpha value is -3.19. The number of aliphatic hydroxyl groups is 1. The molecule has 7 nitrogen and oxygen atoms in total. The maximum Gasteiger partial charge on any atom is 0.235 e. The van der Waals surface area contributed by atoms with E-state index in [2.05, 4.69) is 0 Å². The average molecular weight is 344 g/mol. The predicted octanol–water partition coefficient (Wildman–Crippen LogP) is 2.34. The van der Waals surface area contributed by atoms with E-state index in [9.17, 15) is 20.1 Å². The molecule has 4 N–H and O–H groups in total. The molecule has 7 heteroatoms. The molecule has 3 aromatic rings. The Morgan fingerprint density at radius 3 is 2.52 bits per heavy atom. The maximum absolute atomic E-state index is 12.7. The van der Waals surface area contributed by atoms with E-state index in [1.54, 1.807) is 0 Å². The lowest BCUT2D eigenvalue weighted by molar-refractivity contribution is 0.231. The number of aromatic hydroxyl groups is 3. The maximum atomic E-state index is 12.7. The van der Waals surface area contributed by atoms with Gasteiger partial charge in [0, 0.05) is 24.7 Å². The van der Waals surface area contributed by atoms with E-state index in [1.165, 1.54) is 36.4 Å². The van der Waals surface area contributed by atoms with E-state index >= 15 is 0 Å². The number of aliphatic hydroxyl groups excluding tert-OH is 1. The van der Waals surface area contributed by atoms with E-state index in [1.807, 2.05) is 0 Å². The first-order valence-corrected chi connectivity index (χ1v) is 7.57. The zero-order valence-electron chi connectivity index (χ0n) is 13.1. The van der Waals surface area contributed by atoms with Gasteiger partial charge in [-0.15, -0.1) is 0 Å². The molecule has 0 aliphatic heterocycles. The van der Waals surface area contributed by atoms with Crippen LogP contribution in [0.25, 0.3) is 22.3 Å². The van der Waals surface area contributed by atoms with Crippen LogP contribution >= 0.6 is 0 Å². The van der Waals surface area contributed by atoms with Gasteiger partial charge in [0.2, 0.25) is 11.2 Å². The van der Waals surface area contributed by atoms with Crippen LogP contribution in [0.1, 0.15) is 6.42 Å². The number of ether oxygens (including phenoxy) is 1. The fraction of sp³-hybridized carbons (Fsp3) is 0.167. The molecule has 0 aliphatic carbocycles. The summed E-state index contributed by atoms with van der Waals surface area (Å²) in [7, 11) is 0. The van der Waals surface area contributed by atoms with Crippen LogP contribution < -0.4 is 10.2 Å². The monoisotopic (exact) mass is 344 g/mol. The van der Waals surface area contributed by atoms with Gasteiger partial charge in [0.1, 0.15) is 11.3 Å². The van der Waals surface area contributed by atoms with Crippen LogP contribution in [0, 0.1) is 0 Å². The summed E-state index contributed by atoms with van der Waals surface area (Å²) in [6, 6.07) is 8.05. The zero-order valence-corrected chi connectivity index (χ0v) is 13.1. The number of rotatable bonds is 5. The molecule has 0 bridgehead atoms. The van der Waals surface area contributed by atoms with E-state index in [-0.39, 0.29) is 52.9 Å². The van der Waals surface area contributed by atoms with Gasteiger partial charge in [-0.1, -0.05) is 0 Å². The van der Waals surface area contributed by atoms with E-state index in [0.29, 0.717) is 12.0 Å². The summed E-state index contributed by atoms with van der Waals surface area (Å²) in [4.78, 5) is 12.7. The third-order valence-corrected chi connectivity index (χ3v) is 3.62. The van der Waals surface area contributed by atoms with Crippen molar-refractivity contribution in [3.05, 3.63) is 46.6 Å². The van der Waals surface area contributed by atoms with Crippen molar-refractivity contribution >= 4 is 11.0 Å². The molecule has 0 saturated carbocycles. The fourth-order valence-corrected chi connectivity index (χ4v) is 2.39. The molecule has 1 heterocycles. The van der Waals surface area contributed by atoms with E-state index in [4.69, 9.17) is 14.3 Å². The van der Waals surface area contributed by atoms with Crippen LogP contribution in [0.3, 0.4) is 0 Å². The largest absolute Gasteiger partial charge is 0.508 e. The van der Waals surface area contributed by atoms with Crippen molar-refractivity contribution in [2.24, 2.45) is 0 Å². The van der Waals surface area contributed by atoms with Gasteiger partial charge in [0.25, 0.3) is 0 Å². The van der Waals surface area contributed by atoms with Crippen LogP contribution in [0.4, 0.5) is 0 Å². The van der Waals surface area contributed by atoms with Gasteiger partial charge in [-0.25, -0.2) is 0 Å². The third kappa shape index (κ3) is 3.22. The van der Waals surface area contributed by atoms with Gasteiger partial charge in [0.05, 0.1) is 12.0 Å². The number of hydrogen-bond donors (Lipinski definition) is 4. The average Bonchev–Trinajstić information content (AvgIpc) is 2.59. The standard InChI is InChI=1S/C18H16O7/c19-6-1-7-24-18-16(23)12-4-3-11(20)9-15(12)25-17(18)10-2-5-13(21)14(22)8-10/h2-5,8-9,19-22H,1,6-7H2. The summed E-state index contributed by atoms with van der Waals surface area (Å²) >= 11 is 0. The molecule has 25 heavy (non-hydrogen) atoms. The lowest BCUT2D eigenvalue weighted by Crippen LogP contribution is -2.11. The van der Waals surface area contributed by atoms with Crippen molar-refractivity contribution in [2.45, 2.75) is 6.42 Å². The Morgan fingerprint density at radius 2 is 1.80 bits per heavy atom. The normalized spacial score (nSPS) is 10.9. The predicted molar refractivity (Wildman–Crippen MR) is 90.1 cm³/mol. The number of hydrogen-bond acceptors (Lipinski definition) is 7. The summed E-state index contributed by atoms with van der Waals surface area (Å²) < 4.78 is 11.2. The minimum atomic E-state index is -0.443. The quantitative estimate of drug-likeness (QED) is 0.414. The SMILES string of the molecule is O=c1c(OCCCO)c(-c2ccc(O)c(O)c2)oc2cc(O)ccc12. The summed E-state index contributed by atoms with van der Waals surface area (Å²) in [5.74, 6) is -0.776. The van der Waals surface area contributed by atoms with Crippen molar-refractivity contribution in [1.82, 2.24) is 0 Å². The minimum Gasteiger partial charge on any atom is -0.508 e. The van der Waals surface area contributed by atoms with Crippen LogP contribution in [-0.4, -0.2) is 33.6 Å². The minimum absolute atomic E-state index is 0.0522. The number of phenols is 3. The first kappa shape index (κ1) is 16.7. The highest BCUT2D eigenvalue weighted by atomic mass is 16.5. The summed E-state index contributed by atoms with van der Waals surface area (Å²) in [6.45, 7) is 0.00400. The Kier molecular flexibility index (Phi) is 4.49. The van der Waals surface area contributed by atoms with Crippen molar-refractivity contribution in [3.8, 4) is 34.3 Å². The van der Waals surface area contributed by atoms with Crippen LogP contribution in [0.15, 0.2) is 45.6 Å². The molecule has 2 aromatic carbocycles. The lowest BCUT2D eigenvalue weighted by atomic mass is 10.1. The molecule has 0 fully saturated rings. The molecule has 0 amide bonds. The zero-order chi connectivity index (χ0) is 18.0. The van der Waals surface area contributed by atoms with Crippen LogP contribution in [-0.2, 0) is 0 Å². The van der Waals surface area contributed by atoms with Gasteiger partial charge in [0.15, 0.2) is 17.3 Å². The van der Waals surface area contributed by atoms with Gasteiger partial charge >= 0.3 is 0 Å². The molecule has 1 aromatic heterocycles. The van der Waals surface area contributed by atoms with Gasteiger partial charge < -0.3 is 29.6 Å². The molecule has 130 valence electrons. The highest BCUT2D eigenvalue weighted by molar-refractivity contribution is 5.83. The van der Waals surface area contributed by atoms with Crippen molar-refractivity contribution in [1.29, 1.82) is 0 Å². The summed E-state index contributed by atoms with van der Waals surface area (Å²) in [5.41, 5.74) is 0.0282. The molecular weight excluding hydrogens is 328 g/mol. The summed E-state index contributed by atoms with van der Waals surface area (Å²) in [5, 5.41) is 37.9. The second-order valence-electron chi connectivity index (χ2n) is 5.40. The highest BCUT2D eigenvalue weighted by Crippen LogP contribution is 2.36. The fourth-order valence-electron chi connectivity index (χ4n) is 2.39.